The van der Waals surface area contributed by atoms with Crippen molar-refractivity contribution >= 4 is 29.5 Å². The molecular formula is C15H20ClNO2S. The van der Waals surface area contributed by atoms with E-state index in [1.807, 2.05) is 45.0 Å². The second-order valence-corrected chi connectivity index (χ2v) is 7.63. The molecule has 1 aliphatic heterocycles. The van der Waals surface area contributed by atoms with Gasteiger partial charge in [0.25, 0.3) is 0 Å². The van der Waals surface area contributed by atoms with Gasteiger partial charge in [0, 0.05) is 23.2 Å². The number of amides is 1. The number of hydrogen-bond acceptors (Lipinski definition) is 3. The van der Waals surface area contributed by atoms with Crippen LogP contribution in [0.5, 0.6) is 0 Å². The number of ether oxygens (including phenoxy) is 1. The molecule has 0 N–H and O–H groups in total. The van der Waals surface area contributed by atoms with Crippen LogP contribution in [-0.2, 0) is 4.74 Å². The summed E-state index contributed by atoms with van der Waals surface area (Å²) in [6.07, 6.45) is 0.745. The summed E-state index contributed by atoms with van der Waals surface area (Å²) in [5.41, 5.74) is -0.439. The Morgan fingerprint density at radius 1 is 1.40 bits per heavy atom. The predicted molar refractivity (Wildman–Crippen MR) is 83.5 cm³/mol. The van der Waals surface area contributed by atoms with Crippen molar-refractivity contribution in [3.8, 4) is 0 Å². The monoisotopic (exact) mass is 313 g/mol. The van der Waals surface area contributed by atoms with Crippen molar-refractivity contribution in [2.24, 2.45) is 0 Å². The average Bonchev–Trinajstić information content (AvgIpc) is 2.79. The van der Waals surface area contributed by atoms with Gasteiger partial charge in [-0.2, -0.15) is 0 Å². The second-order valence-electron chi connectivity index (χ2n) is 5.89. The molecule has 0 aliphatic carbocycles. The van der Waals surface area contributed by atoms with Crippen LogP contribution in [0.3, 0.4) is 0 Å². The first-order valence-electron chi connectivity index (χ1n) is 6.74. The van der Waals surface area contributed by atoms with Crippen LogP contribution in [-0.4, -0.2) is 34.9 Å². The maximum Gasteiger partial charge on any atom is 0.410 e. The molecule has 5 heteroatoms. The predicted octanol–water partition coefficient (Wildman–Crippen LogP) is 4.44. The zero-order valence-electron chi connectivity index (χ0n) is 12.1. The molecule has 1 aromatic rings. The number of nitrogens with zero attached hydrogens (tertiary/aromatic N) is 1. The number of carbonyl (C=O) groups excluding carboxylic acids is 1. The molecule has 0 radical (unpaired) electrons. The maximum atomic E-state index is 12.0. The molecule has 1 aromatic carbocycles. The number of benzene rings is 1. The summed E-state index contributed by atoms with van der Waals surface area (Å²) in [6, 6.07) is 7.82. The van der Waals surface area contributed by atoms with E-state index in [2.05, 4.69) is 0 Å². The Labute approximate surface area is 129 Å². The Balaban J connectivity index is 1.90. The van der Waals surface area contributed by atoms with Crippen LogP contribution in [0.15, 0.2) is 29.2 Å². The first-order valence-corrected chi connectivity index (χ1v) is 8.00. The number of rotatable bonds is 2. The van der Waals surface area contributed by atoms with Crippen LogP contribution in [0.25, 0.3) is 0 Å². The third-order valence-electron chi connectivity index (χ3n) is 2.93. The highest BCUT2D eigenvalue weighted by Gasteiger charge is 2.30. The maximum absolute atomic E-state index is 12.0. The van der Waals surface area contributed by atoms with Gasteiger partial charge in [-0.3, -0.25) is 0 Å². The largest absolute Gasteiger partial charge is 0.444 e. The summed E-state index contributed by atoms with van der Waals surface area (Å²) in [5, 5.41) is 1.15. The number of thioether (sulfide) groups is 1. The molecule has 0 bridgehead atoms. The third-order valence-corrected chi connectivity index (χ3v) is 4.70. The van der Waals surface area contributed by atoms with Crippen LogP contribution >= 0.6 is 23.4 Å². The summed E-state index contributed by atoms with van der Waals surface area (Å²) in [4.78, 5) is 14.8. The van der Waals surface area contributed by atoms with Crippen molar-refractivity contribution in [1.82, 2.24) is 4.90 Å². The molecule has 110 valence electrons. The van der Waals surface area contributed by atoms with E-state index in [9.17, 15) is 4.79 Å². The van der Waals surface area contributed by atoms with E-state index in [-0.39, 0.29) is 6.09 Å². The fraction of sp³-hybridized carbons (Fsp3) is 0.533. The van der Waals surface area contributed by atoms with Crippen molar-refractivity contribution in [1.29, 1.82) is 0 Å². The number of halogens is 1. The van der Waals surface area contributed by atoms with Gasteiger partial charge in [0.2, 0.25) is 0 Å². The molecule has 20 heavy (non-hydrogen) atoms. The van der Waals surface area contributed by atoms with Crippen molar-refractivity contribution in [2.75, 3.05) is 13.1 Å². The lowest BCUT2D eigenvalue weighted by molar-refractivity contribution is 0.0295. The van der Waals surface area contributed by atoms with Gasteiger partial charge in [0.15, 0.2) is 0 Å². The van der Waals surface area contributed by atoms with Crippen molar-refractivity contribution < 1.29 is 9.53 Å². The molecule has 3 nitrogen and oxygen atoms in total. The van der Waals surface area contributed by atoms with Crippen LogP contribution < -0.4 is 0 Å². The Hall–Kier alpha value is -0.870. The van der Waals surface area contributed by atoms with Gasteiger partial charge >= 0.3 is 6.09 Å². The Kier molecular flexibility index (Phi) is 4.86. The van der Waals surface area contributed by atoms with Crippen LogP contribution in [0.4, 0.5) is 4.79 Å². The van der Waals surface area contributed by atoms with E-state index in [0.717, 1.165) is 22.9 Å². The molecule has 1 saturated heterocycles. The zero-order chi connectivity index (χ0) is 14.8. The minimum absolute atomic E-state index is 0.222. The van der Waals surface area contributed by atoms with E-state index in [0.29, 0.717) is 11.8 Å². The van der Waals surface area contributed by atoms with Crippen molar-refractivity contribution in [3.05, 3.63) is 29.3 Å². The number of carbonyl (C=O) groups is 1. The molecule has 1 unspecified atom stereocenters. The average molecular weight is 314 g/mol. The van der Waals surface area contributed by atoms with Crippen molar-refractivity contribution in [2.45, 2.75) is 42.9 Å². The van der Waals surface area contributed by atoms with Gasteiger partial charge in [-0.1, -0.05) is 23.7 Å². The first kappa shape index (κ1) is 15.5. The third kappa shape index (κ3) is 4.32. The second kappa shape index (κ2) is 6.27. The van der Waals surface area contributed by atoms with Crippen molar-refractivity contribution in [3.63, 3.8) is 0 Å². The van der Waals surface area contributed by atoms with Gasteiger partial charge in [-0.25, -0.2) is 4.79 Å². The fourth-order valence-electron chi connectivity index (χ4n) is 2.04. The van der Waals surface area contributed by atoms with Crippen LogP contribution in [0.2, 0.25) is 5.02 Å². The Bertz CT molecular complexity index is 487. The number of hydrogen-bond donors (Lipinski definition) is 0. The highest BCUT2D eigenvalue weighted by atomic mass is 35.5. The lowest BCUT2D eigenvalue weighted by Crippen LogP contribution is -2.35. The molecule has 0 spiro atoms. The van der Waals surface area contributed by atoms with Gasteiger partial charge in [-0.05, 0) is 39.3 Å². The van der Waals surface area contributed by atoms with Gasteiger partial charge in [-0.15, -0.1) is 11.8 Å². The van der Waals surface area contributed by atoms with E-state index in [4.69, 9.17) is 16.3 Å². The highest BCUT2D eigenvalue weighted by Crippen LogP contribution is 2.34. The van der Waals surface area contributed by atoms with E-state index < -0.39 is 5.60 Å². The highest BCUT2D eigenvalue weighted by molar-refractivity contribution is 8.00. The van der Waals surface area contributed by atoms with E-state index in [1.54, 1.807) is 16.7 Å². The fourth-order valence-corrected chi connectivity index (χ4v) is 3.48. The lowest BCUT2D eigenvalue weighted by atomic mass is 10.2. The molecule has 1 aliphatic rings. The molecule has 0 aromatic heterocycles. The Morgan fingerprint density at radius 2 is 2.10 bits per heavy atom. The Morgan fingerprint density at radius 3 is 2.75 bits per heavy atom. The summed E-state index contributed by atoms with van der Waals surface area (Å²) < 4.78 is 5.40. The standard InChI is InChI=1S/C15H20ClNO2S/c1-15(2,3)19-14(18)17-9-8-11(10-17)20-13-7-5-4-6-12(13)16/h4-7,11H,8-10H2,1-3H3. The molecular weight excluding hydrogens is 294 g/mol. The molecule has 1 heterocycles. The molecule has 0 saturated carbocycles. The molecule has 1 fully saturated rings. The summed E-state index contributed by atoms with van der Waals surface area (Å²) >= 11 is 7.90. The summed E-state index contributed by atoms with van der Waals surface area (Å²) in [5.74, 6) is 0. The molecule has 1 amide bonds. The quantitative estimate of drug-likeness (QED) is 0.808. The topological polar surface area (TPSA) is 29.5 Å². The minimum Gasteiger partial charge on any atom is -0.444 e. The molecule has 2 rings (SSSR count). The summed E-state index contributed by atoms with van der Waals surface area (Å²) in [6.45, 7) is 7.12. The van der Waals surface area contributed by atoms with Gasteiger partial charge in [0.05, 0.1) is 5.02 Å². The smallest absolute Gasteiger partial charge is 0.410 e. The number of likely N-dealkylation sites (tertiary alicyclic amines) is 1. The minimum atomic E-state index is -0.439. The SMILES string of the molecule is CC(C)(C)OC(=O)N1CCC(Sc2ccccc2Cl)C1. The first-order chi connectivity index (χ1) is 9.35. The summed E-state index contributed by atoms with van der Waals surface area (Å²) in [7, 11) is 0. The normalized spacial score (nSPS) is 19.2. The van der Waals surface area contributed by atoms with Gasteiger partial charge < -0.3 is 9.64 Å². The van der Waals surface area contributed by atoms with Crippen LogP contribution in [0.1, 0.15) is 27.2 Å². The van der Waals surface area contributed by atoms with Crippen LogP contribution in [0, 0.1) is 0 Å². The van der Waals surface area contributed by atoms with Gasteiger partial charge in [0.1, 0.15) is 5.60 Å². The zero-order valence-corrected chi connectivity index (χ0v) is 13.6. The van der Waals surface area contributed by atoms with E-state index >= 15 is 0 Å². The van der Waals surface area contributed by atoms with E-state index in [1.165, 1.54) is 0 Å². The lowest BCUT2D eigenvalue weighted by Gasteiger charge is -2.24. The molecule has 1 atom stereocenters.